The summed E-state index contributed by atoms with van der Waals surface area (Å²) in [5.41, 5.74) is 6.17. The van der Waals surface area contributed by atoms with Gasteiger partial charge in [-0.1, -0.05) is 35.4 Å². The van der Waals surface area contributed by atoms with E-state index >= 15 is 0 Å². The number of hydrogen-bond acceptors (Lipinski definition) is 6. The Labute approximate surface area is 197 Å². The molecule has 0 unspecified atom stereocenters. The summed E-state index contributed by atoms with van der Waals surface area (Å²) in [5.74, 6) is -1.69. The molecule has 0 aliphatic rings. The second kappa shape index (κ2) is 10.9. The number of nitrogens with one attached hydrogen (secondary N) is 2. The van der Waals surface area contributed by atoms with Gasteiger partial charge in [-0.25, -0.2) is 10.2 Å². The standard InChI is InChI=1S/C26H25N3O5/c1-16-8-11-21(12-9-16)27-24(30)25(31)29-28-18(3)19-10-13-22(23(15-19)33-4)34-26(32)20-7-5-6-17(2)14-20/h5-15H,1-4H3,(H,27,30)(H,29,31)/b28-18+. The molecule has 0 saturated carbocycles. The molecule has 0 fully saturated rings. The highest BCUT2D eigenvalue weighted by Crippen LogP contribution is 2.29. The summed E-state index contributed by atoms with van der Waals surface area (Å²) in [5, 5.41) is 6.49. The third kappa shape index (κ3) is 6.29. The van der Waals surface area contributed by atoms with Crippen LogP contribution in [0.25, 0.3) is 0 Å². The van der Waals surface area contributed by atoms with E-state index in [4.69, 9.17) is 9.47 Å². The van der Waals surface area contributed by atoms with Gasteiger partial charge in [0.05, 0.1) is 18.4 Å². The van der Waals surface area contributed by atoms with Gasteiger partial charge in [-0.15, -0.1) is 0 Å². The third-order valence-electron chi connectivity index (χ3n) is 4.88. The summed E-state index contributed by atoms with van der Waals surface area (Å²) in [6.07, 6.45) is 0. The van der Waals surface area contributed by atoms with Crippen LogP contribution in [-0.2, 0) is 9.59 Å². The minimum atomic E-state index is -0.907. The number of nitrogens with zero attached hydrogens (tertiary/aromatic N) is 1. The number of carbonyl (C=O) groups is 3. The van der Waals surface area contributed by atoms with Gasteiger partial charge in [-0.3, -0.25) is 9.59 Å². The molecular formula is C26H25N3O5. The first kappa shape index (κ1) is 24.2. The minimum Gasteiger partial charge on any atom is -0.493 e. The Kier molecular flexibility index (Phi) is 7.76. The maximum atomic E-state index is 12.5. The predicted molar refractivity (Wildman–Crippen MR) is 129 cm³/mol. The van der Waals surface area contributed by atoms with E-state index in [1.54, 1.807) is 55.5 Å². The van der Waals surface area contributed by atoms with E-state index in [-0.39, 0.29) is 5.75 Å². The predicted octanol–water partition coefficient (Wildman–Crippen LogP) is 4.01. The van der Waals surface area contributed by atoms with Gasteiger partial charge in [-0.2, -0.15) is 5.10 Å². The molecule has 3 aromatic carbocycles. The van der Waals surface area contributed by atoms with Crippen molar-refractivity contribution >= 4 is 29.2 Å². The summed E-state index contributed by atoms with van der Waals surface area (Å²) in [4.78, 5) is 36.6. The number of ether oxygens (including phenoxy) is 2. The molecule has 0 atom stereocenters. The maximum absolute atomic E-state index is 12.5. The molecule has 3 aromatic rings. The number of amides is 2. The van der Waals surface area contributed by atoms with Crippen molar-refractivity contribution in [3.05, 3.63) is 89.0 Å². The van der Waals surface area contributed by atoms with E-state index < -0.39 is 17.8 Å². The highest BCUT2D eigenvalue weighted by atomic mass is 16.6. The van der Waals surface area contributed by atoms with Crippen LogP contribution in [0.5, 0.6) is 11.5 Å². The molecule has 2 amide bonds. The monoisotopic (exact) mass is 459 g/mol. The van der Waals surface area contributed by atoms with E-state index in [0.717, 1.165) is 11.1 Å². The Balaban J connectivity index is 1.66. The molecule has 34 heavy (non-hydrogen) atoms. The number of methoxy groups -OCH3 is 1. The second-order valence-electron chi connectivity index (χ2n) is 7.58. The van der Waals surface area contributed by atoms with E-state index in [1.807, 2.05) is 32.0 Å². The zero-order valence-corrected chi connectivity index (χ0v) is 19.3. The van der Waals surface area contributed by atoms with Gasteiger partial charge in [0.25, 0.3) is 0 Å². The maximum Gasteiger partial charge on any atom is 0.343 e. The normalized spacial score (nSPS) is 10.9. The van der Waals surface area contributed by atoms with Crippen LogP contribution in [0.3, 0.4) is 0 Å². The van der Waals surface area contributed by atoms with Gasteiger partial charge in [0.1, 0.15) is 0 Å². The van der Waals surface area contributed by atoms with Gasteiger partial charge in [0.15, 0.2) is 11.5 Å². The lowest BCUT2D eigenvalue weighted by molar-refractivity contribution is -0.136. The number of hydrazone groups is 1. The number of anilines is 1. The molecule has 0 saturated heterocycles. The molecule has 2 N–H and O–H groups in total. The molecule has 0 aromatic heterocycles. The zero-order valence-electron chi connectivity index (χ0n) is 19.3. The fraction of sp³-hybridized carbons (Fsp3) is 0.154. The number of hydrogen-bond donors (Lipinski definition) is 2. The lowest BCUT2D eigenvalue weighted by Crippen LogP contribution is -2.32. The molecule has 0 heterocycles. The fourth-order valence-corrected chi connectivity index (χ4v) is 2.98. The van der Waals surface area contributed by atoms with Crippen molar-refractivity contribution in [2.75, 3.05) is 12.4 Å². The Morgan fingerprint density at radius 3 is 2.21 bits per heavy atom. The Morgan fingerprint density at radius 1 is 0.794 bits per heavy atom. The van der Waals surface area contributed by atoms with Gasteiger partial charge in [-0.05, 0) is 63.2 Å². The topological polar surface area (TPSA) is 106 Å². The van der Waals surface area contributed by atoms with E-state index in [0.29, 0.717) is 28.3 Å². The summed E-state index contributed by atoms with van der Waals surface area (Å²) in [7, 11) is 1.45. The van der Waals surface area contributed by atoms with Crippen LogP contribution in [0.1, 0.15) is 34.0 Å². The minimum absolute atomic E-state index is 0.243. The Hall–Kier alpha value is -4.46. The van der Waals surface area contributed by atoms with Crippen LogP contribution >= 0.6 is 0 Å². The number of esters is 1. The van der Waals surface area contributed by atoms with Gasteiger partial charge < -0.3 is 14.8 Å². The van der Waals surface area contributed by atoms with Gasteiger partial charge in [0.2, 0.25) is 0 Å². The largest absolute Gasteiger partial charge is 0.493 e. The average molecular weight is 460 g/mol. The molecule has 0 spiro atoms. The zero-order chi connectivity index (χ0) is 24.7. The summed E-state index contributed by atoms with van der Waals surface area (Å²) < 4.78 is 10.8. The molecule has 8 heteroatoms. The summed E-state index contributed by atoms with van der Waals surface area (Å²) >= 11 is 0. The molecule has 0 radical (unpaired) electrons. The van der Waals surface area contributed by atoms with Crippen LogP contribution in [0.2, 0.25) is 0 Å². The van der Waals surface area contributed by atoms with Crippen molar-refractivity contribution in [2.45, 2.75) is 20.8 Å². The van der Waals surface area contributed by atoms with Crippen molar-refractivity contribution in [3.63, 3.8) is 0 Å². The van der Waals surface area contributed by atoms with E-state index in [2.05, 4.69) is 15.8 Å². The first-order valence-corrected chi connectivity index (χ1v) is 10.5. The number of carbonyl (C=O) groups excluding carboxylic acids is 3. The van der Waals surface area contributed by atoms with Crippen LogP contribution in [0.4, 0.5) is 5.69 Å². The van der Waals surface area contributed by atoms with Crippen LogP contribution < -0.4 is 20.2 Å². The highest BCUT2D eigenvalue weighted by Gasteiger charge is 2.15. The number of rotatable bonds is 6. The first-order chi connectivity index (χ1) is 16.3. The third-order valence-corrected chi connectivity index (χ3v) is 4.88. The smallest absolute Gasteiger partial charge is 0.343 e. The SMILES string of the molecule is COc1cc(/C(C)=N/NC(=O)C(=O)Nc2ccc(C)cc2)ccc1OC(=O)c1cccc(C)c1. The van der Waals surface area contributed by atoms with Gasteiger partial charge >= 0.3 is 17.8 Å². The van der Waals surface area contributed by atoms with E-state index in [1.165, 1.54) is 7.11 Å². The van der Waals surface area contributed by atoms with Crippen molar-refractivity contribution in [1.82, 2.24) is 5.43 Å². The fourth-order valence-electron chi connectivity index (χ4n) is 2.98. The number of aryl methyl sites for hydroxylation is 2. The molecule has 0 aliphatic carbocycles. The van der Waals surface area contributed by atoms with Crippen molar-refractivity contribution < 1.29 is 23.9 Å². The van der Waals surface area contributed by atoms with Crippen LogP contribution in [0, 0.1) is 13.8 Å². The quantitative estimate of drug-likeness (QED) is 0.190. The molecule has 3 rings (SSSR count). The van der Waals surface area contributed by atoms with Crippen molar-refractivity contribution in [1.29, 1.82) is 0 Å². The average Bonchev–Trinajstić information content (AvgIpc) is 2.83. The second-order valence-corrected chi connectivity index (χ2v) is 7.58. The Morgan fingerprint density at radius 2 is 1.53 bits per heavy atom. The Bertz CT molecular complexity index is 1250. The lowest BCUT2D eigenvalue weighted by Gasteiger charge is -2.11. The van der Waals surface area contributed by atoms with E-state index in [9.17, 15) is 14.4 Å². The summed E-state index contributed by atoms with van der Waals surface area (Å²) in [6, 6.07) is 19.0. The van der Waals surface area contributed by atoms with Crippen LogP contribution in [0.15, 0.2) is 71.8 Å². The molecule has 8 nitrogen and oxygen atoms in total. The summed E-state index contributed by atoms with van der Waals surface area (Å²) in [6.45, 7) is 5.47. The van der Waals surface area contributed by atoms with Crippen molar-refractivity contribution in [2.24, 2.45) is 5.10 Å². The highest BCUT2D eigenvalue weighted by molar-refractivity contribution is 6.39. The van der Waals surface area contributed by atoms with Crippen molar-refractivity contribution in [3.8, 4) is 11.5 Å². The molecule has 174 valence electrons. The van der Waals surface area contributed by atoms with Crippen LogP contribution in [-0.4, -0.2) is 30.6 Å². The molecule has 0 aliphatic heterocycles. The molecular weight excluding hydrogens is 434 g/mol. The molecule has 0 bridgehead atoms. The first-order valence-electron chi connectivity index (χ1n) is 10.5. The number of benzene rings is 3. The lowest BCUT2D eigenvalue weighted by atomic mass is 10.1. The van der Waals surface area contributed by atoms with Gasteiger partial charge in [0, 0.05) is 11.3 Å².